The zero-order chi connectivity index (χ0) is 13.2. The minimum Gasteiger partial charge on any atom is -0.475 e. The molecule has 0 amide bonds. The van der Waals surface area contributed by atoms with Crippen LogP contribution in [0.2, 0.25) is 0 Å². The van der Waals surface area contributed by atoms with Gasteiger partial charge in [-0.05, 0) is 19.9 Å². The van der Waals surface area contributed by atoms with Crippen molar-refractivity contribution in [3.8, 4) is 0 Å². The van der Waals surface area contributed by atoms with Gasteiger partial charge in [-0.3, -0.25) is 4.79 Å². The number of carboxylic acids is 1. The van der Waals surface area contributed by atoms with Crippen molar-refractivity contribution in [2.75, 3.05) is 6.61 Å². The zero-order valence-corrected chi connectivity index (χ0v) is 9.81. The fraction of sp³-hybridized carbons (Fsp3) is 0.364. The molecule has 0 radical (unpaired) electrons. The Balaban J connectivity index is 3.21. The number of carbonyl (C=O) groups is 3. The second-order valence-electron chi connectivity index (χ2n) is 3.44. The Morgan fingerprint density at radius 1 is 1.41 bits per heavy atom. The van der Waals surface area contributed by atoms with Crippen LogP contribution in [0.1, 0.15) is 33.5 Å². The summed E-state index contributed by atoms with van der Waals surface area (Å²) in [5, 5.41) is 8.62. The molecule has 0 spiro atoms. The van der Waals surface area contributed by atoms with Crippen molar-refractivity contribution in [2.45, 2.75) is 13.8 Å². The van der Waals surface area contributed by atoms with E-state index < -0.39 is 17.7 Å². The van der Waals surface area contributed by atoms with Gasteiger partial charge in [0.15, 0.2) is 0 Å². The maximum atomic E-state index is 11.5. The van der Waals surface area contributed by atoms with E-state index in [1.165, 1.54) is 17.7 Å². The molecule has 1 N–H and O–H groups in total. The van der Waals surface area contributed by atoms with Gasteiger partial charge in [0.25, 0.3) is 5.78 Å². The van der Waals surface area contributed by atoms with Gasteiger partial charge in [-0.15, -0.1) is 0 Å². The number of rotatable bonds is 4. The normalized spacial score (nSPS) is 10.1. The minimum atomic E-state index is -1.55. The molecule has 6 nitrogen and oxygen atoms in total. The summed E-state index contributed by atoms with van der Waals surface area (Å²) in [5.41, 5.74) is 0.657. The maximum Gasteiger partial charge on any atom is 0.378 e. The predicted molar refractivity (Wildman–Crippen MR) is 58.1 cm³/mol. The topological polar surface area (TPSA) is 85.6 Å². The van der Waals surface area contributed by atoms with Crippen molar-refractivity contribution in [1.82, 2.24) is 4.57 Å². The number of aromatic nitrogens is 1. The lowest BCUT2D eigenvalue weighted by Crippen LogP contribution is -2.16. The fourth-order valence-corrected chi connectivity index (χ4v) is 1.44. The molecule has 17 heavy (non-hydrogen) atoms. The van der Waals surface area contributed by atoms with Crippen LogP contribution in [0.5, 0.6) is 0 Å². The van der Waals surface area contributed by atoms with Gasteiger partial charge in [0, 0.05) is 12.7 Å². The van der Waals surface area contributed by atoms with E-state index in [0.29, 0.717) is 5.69 Å². The van der Waals surface area contributed by atoms with Crippen molar-refractivity contribution in [3.63, 3.8) is 0 Å². The van der Waals surface area contributed by atoms with Gasteiger partial charge in [-0.1, -0.05) is 0 Å². The largest absolute Gasteiger partial charge is 0.475 e. The highest BCUT2D eigenvalue weighted by atomic mass is 16.5. The zero-order valence-electron chi connectivity index (χ0n) is 9.81. The van der Waals surface area contributed by atoms with Crippen molar-refractivity contribution in [2.24, 2.45) is 7.05 Å². The van der Waals surface area contributed by atoms with E-state index in [4.69, 9.17) is 9.84 Å². The van der Waals surface area contributed by atoms with Crippen LogP contribution in [0.4, 0.5) is 0 Å². The lowest BCUT2D eigenvalue weighted by molar-refractivity contribution is -0.131. The van der Waals surface area contributed by atoms with Crippen LogP contribution < -0.4 is 0 Å². The highest BCUT2D eigenvalue weighted by Crippen LogP contribution is 2.16. The van der Waals surface area contributed by atoms with Crippen molar-refractivity contribution >= 4 is 17.7 Å². The smallest absolute Gasteiger partial charge is 0.378 e. The number of aliphatic carboxylic acids is 1. The van der Waals surface area contributed by atoms with Crippen LogP contribution in [0, 0.1) is 6.92 Å². The van der Waals surface area contributed by atoms with Gasteiger partial charge >= 0.3 is 11.9 Å². The molecule has 0 atom stereocenters. The summed E-state index contributed by atoms with van der Waals surface area (Å²) in [6.45, 7) is 3.50. The number of hydrogen-bond acceptors (Lipinski definition) is 4. The molecule has 1 rings (SSSR count). The summed E-state index contributed by atoms with van der Waals surface area (Å²) < 4.78 is 6.17. The first-order valence-electron chi connectivity index (χ1n) is 5.01. The Labute approximate surface area is 97.8 Å². The first-order chi connectivity index (χ1) is 7.90. The Morgan fingerprint density at radius 3 is 2.47 bits per heavy atom. The summed E-state index contributed by atoms with van der Waals surface area (Å²) in [4.78, 5) is 33.5. The Bertz CT molecular complexity index is 486. The highest BCUT2D eigenvalue weighted by molar-refractivity contribution is 6.39. The van der Waals surface area contributed by atoms with Crippen LogP contribution in [0.15, 0.2) is 6.07 Å². The number of carboxylic acid groups (broad SMARTS) is 1. The number of ether oxygens (including phenoxy) is 1. The van der Waals surface area contributed by atoms with Crippen LogP contribution >= 0.6 is 0 Å². The third-order valence-corrected chi connectivity index (χ3v) is 2.46. The highest BCUT2D eigenvalue weighted by Gasteiger charge is 2.24. The van der Waals surface area contributed by atoms with E-state index in [0.717, 1.165) is 0 Å². The molecule has 0 aliphatic carbocycles. The number of esters is 1. The van der Waals surface area contributed by atoms with Crippen LogP contribution in [0.25, 0.3) is 0 Å². The predicted octanol–water partition coefficient (Wildman–Crippen LogP) is 0.778. The summed E-state index contributed by atoms with van der Waals surface area (Å²) >= 11 is 0. The number of carbonyl (C=O) groups excluding carboxylic acids is 2. The van der Waals surface area contributed by atoms with Gasteiger partial charge < -0.3 is 14.4 Å². The molecule has 0 aliphatic rings. The molecule has 0 aliphatic heterocycles. The van der Waals surface area contributed by atoms with E-state index >= 15 is 0 Å². The van der Waals surface area contributed by atoms with Crippen LogP contribution in [-0.2, 0) is 16.6 Å². The lowest BCUT2D eigenvalue weighted by Gasteiger charge is -2.02. The summed E-state index contributed by atoms with van der Waals surface area (Å²) in [6, 6.07) is 1.24. The van der Waals surface area contributed by atoms with Gasteiger partial charge in [0.1, 0.15) is 0 Å². The second kappa shape index (κ2) is 4.82. The first-order valence-corrected chi connectivity index (χ1v) is 5.01. The van der Waals surface area contributed by atoms with E-state index in [9.17, 15) is 14.4 Å². The summed E-state index contributed by atoms with van der Waals surface area (Å²) in [6.07, 6.45) is 0. The molecule has 0 saturated heterocycles. The summed E-state index contributed by atoms with van der Waals surface area (Å²) in [7, 11) is 1.52. The van der Waals surface area contributed by atoms with E-state index in [-0.39, 0.29) is 17.9 Å². The molecule has 1 aromatic rings. The molecule has 1 aromatic heterocycles. The number of ketones is 1. The van der Waals surface area contributed by atoms with Gasteiger partial charge in [-0.25, -0.2) is 9.59 Å². The molecule has 0 bridgehead atoms. The maximum absolute atomic E-state index is 11.5. The second-order valence-corrected chi connectivity index (χ2v) is 3.44. The van der Waals surface area contributed by atoms with E-state index in [1.54, 1.807) is 13.8 Å². The first kappa shape index (κ1) is 13.0. The third kappa shape index (κ3) is 2.35. The Hall–Kier alpha value is -2.11. The van der Waals surface area contributed by atoms with Gasteiger partial charge in [0.2, 0.25) is 0 Å². The number of nitrogens with zero attached hydrogens (tertiary/aromatic N) is 1. The Morgan fingerprint density at radius 2 is 2.00 bits per heavy atom. The van der Waals surface area contributed by atoms with Crippen molar-refractivity contribution in [1.29, 1.82) is 0 Å². The average Bonchev–Trinajstić information content (AvgIpc) is 2.55. The molecular weight excluding hydrogens is 226 g/mol. The van der Waals surface area contributed by atoms with Gasteiger partial charge in [-0.2, -0.15) is 0 Å². The standard InChI is InChI=1S/C11H13NO5/c1-4-17-11(16)7-5-8(9(13)10(14)15)12(3)6(7)2/h5H,4H2,1-3H3,(H,14,15). The quantitative estimate of drug-likeness (QED) is 0.476. The van der Waals surface area contributed by atoms with Crippen LogP contribution in [-0.4, -0.2) is 34.0 Å². The molecule has 0 saturated carbocycles. The number of hydrogen-bond donors (Lipinski definition) is 1. The number of Topliss-reactive ketones (excluding diaryl/α,β-unsaturated/α-hetero) is 1. The lowest BCUT2D eigenvalue weighted by atomic mass is 10.2. The van der Waals surface area contributed by atoms with Gasteiger partial charge in [0.05, 0.1) is 17.9 Å². The fourth-order valence-electron chi connectivity index (χ4n) is 1.44. The third-order valence-electron chi connectivity index (χ3n) is 2.46. The molecule has 1 heterocycles. The van der Waals surface area contributed by atoms with Crippen molar-refractivity contribution in [3.05, 3.63) is 23.0 Å². The molecular formula is C11H13NO5. The average molecular weight is 239 g/mol. The molecule has 6 heteroatoms. The summed E-state index contributed by atoms with van der Waals surface area (Å²) in [5.74, 6) is -3.17. The molecule has 0 fully saturated rings. The SMILES string of the molecule is CCOC(=O)c1cc(C(=O)C(=O)O)n(C)c1C. The van der Waals surface area contributed by atoms with E-state index in [1.807, 2.05) is 0 Å². The minimum absolute atomic E-state index is 0.0435. The van der Waals surface area contributed by atoms with Crippen molar-refractivity contribution < 1.29 is 24.2 Å². The Kier molecular flexibility index (Phi) is 3.67. The van der Waals surface area contributed by atoms with Crippen LogP contribution in [0.3, 0.4) is 0 Å². The molecule has 0 unspecified atom stereocenters. The molecule has 92 valence electrons. The van der Waals surface area contributed by atoms with E-state index in [2.05, 4.69) is 0 Å². The molecule has 0 aromatic carbocycles. The monoisotopic (exact) mass is 239 g/mol.